The van der Waals surface area contributed by atoms with Crippen LogP contribution in [-0.2, 0) is 14.9 Å². The van der Waals surface area contributed by atoms with Crippen LogP contribution >= 0.6 is 0 Å². The summed E-state index contributed by atoms with van der Waals surface area (Å²) in [5.41, 5.74) is 0.186. The molecule has 0 aliphatic rings. The Kier molecular flexibility index (Phi) is 3.56. The van der Waals surface area contributed by atoms with Gasteiger partial charge in [0.15, 0.2) is 6.29 Å². The molecule has 6 nitrogen and oxygen atoms in total. The Bertz CT molecular complexity index is 807. The van der Waals surface area contributed by atoms with E-state index >= 15 is 0 Å². The largest absolute Gasteiger partial charge is 0.465 e. The minimum absolute atomic E-state index is 0.0533. The molecule has 2 aromatic rings. The van der Waals surface area contributed by atoms with Gasteiger partial charge in [-0.1, -0.05) is 18.2 Å². The minimum atomic E-state index is -4.47. The number of hydrogen-bond donors (Lipinski definition) is 1. The Hall–Kier alpha value is -2.25. The lowest BCUT2D eigenvalue weighted by Crippen LogP contribution is -2.07. The van der Waals surface area contributed by atoms with Gasteiger partial charge in [-0.2, -0.15) is 8.42 Å². The van der Waals surface area contributed by atoms with Gasteiger partial charge < -0.3 is 4.74 Å². The molecular weight excluding hydrogens is 284 g/mol. The number of ether oxygens (including phenoxy) is 1. The van der Waals surface area contributed by atoms with Gasteiger partial charge in [0, 0.05) is 16.3 Å². The van der Waals surface area contributed by atoms with Crippen LogP contribution in [0.1, 0.15) is 20.7 Å². The minimum Gasteiger partial charge on any atom is -0.465 e. The fourth-order valence-corrected chi connectivity index (χ4v) is 2.70. The van der Waals surface area contributed by atoms with Gasteiger partial charge in [-0.05, 0) is 12.1 Å². The topological polar surface area (TPSA) is 97.7 Å². The van der Waals surface area contributed by atoms with E-state index in [-0.39, 0.29) is 26.8 Å². The highest BCUT2D eigenvalue weighted by atomic mass is 32.2. The lowest BCUT2D eigenvalue weighted by Gasteiger charge is -2.10. The second-order valence-electron chi connectivity index (χ2n) is 3.97. The van der Waals surface area contributed by atoms with Crippen molar-refractivity contribution in [1.29, 1.82) is 0 Å². The summed E-state index contributed by atoms with van der Waals surface area (Å²) in [6.45, 7) is 0. The van der Waals surface area contributed by atoms with E-state index in [9.17, 15) is 22.6 Å². The molecule has 0 spiro atoms. The fraction of sp³-hybridized carbons (Fsp3) is 0.0769. The quantitative estimate of drug-likeness (QED) is 0.525. The van der Waals surface area contributed by atoms with Crippen molar-refractivity contribution in [3.63, 3.8) is 0 Å². The third kappa shape index (κ3) is 2.28. The molecule has 1 N–H and O–H groups in total. The second kappa shape index (κ2) is 5.03. The maximum absolute atomic E-state index is 11.7. The summed E-state index contributed by atoms with van der Waals surface area (Å²) in [5.74, 6) is -0.703. The number of aldehydes is 1. The molecule has 0 radical (unpaired) electrons. The molecule has 0 atom stereocenters. The average Bonchev–Trinajstić information content (AvgIpc) is 2.43. The number of benzene rings is 2. The molecule has 2 aromatic carbocycles. The number of rotatable bonds is 3. The lowest BCUT2D eigenvalue weighted by molar-refractivity contribution is 0.0603. The zero-order chi connectivity index (χ0) is 14.9. The van der Waals surface area contributed by atoms with Crippen LogP contribution in [0.25, 0.3) is 10.8 Å². The molecule has 2 rings (SSSR count). The molecule has 0 fully saturated rings. The van der Waals surface area contributed by atoms with Gasteiger partial charge in [0.05, 0.1) is 12.7 Å². The van der Waals surface area contributed by atoms with Crippen LogP contribution in [0, 0.1) is 0 Å². The zero-order valence-electron chi connectivity index (χ0n) is 10.4. The molecule has 0 aromatic heterocycles. The summed E-state index contributed by atoms with van der Waals surface area (Å²) in [6.07, 6.45) is 0.503. The third-order valence-electron chi connectivity index (χ3n) is 2.84. The molecule has 0 aliphatic heterocycles. The van der Waals surface area contributed by atoms with Gasteiger partial charge in [0.2, 0.25) is 0 Å². The Morgan fingerprint density at radius 1 is 1.25 bits per heavy atom. The van der Waals surface area contributed by atoms with Crippen molar-refractivity contribution in [1.82, 2.24) is 0 Å². The van der Waals surface area contributed by atoms with Gasteiger partial charge in [0.25, 0.3) is 10.1 Å². The average molecular weight is 294 g/mol. The first-order valence-electron chi connectivity index (χ1n) is 5.47. The van der Waals surface area contributed by atoms with Crippen LogP contribution in [0.4, 0.5) is 0 Å². The van der Waals surface area contributed by atoms with E-state index in [1.165, 1.54) is 31.4 Å². The van der Waals surface area contributed by atoms with Crippen LogP contribution in [0.15, 0.2) is 35.2 Å². The molecule has 0 saturated heterocycles. The van der Waals surface area contributed by atoms with Gasteiger partial charge in [-0.3, -0.25) is 9.35 Å². The number of hydrogen-bond acceptors (Lipinski definition) is 5. The third-order valence-corrected chi connectivity index (χ3v) is 3.75. The number of methoxy groups -OCH3 is 1. The highest BCUT2D eigenvalue weighted by Gasteiger charge is 2.20. The van der Waals surface area contributed by atoms with Crippen molar-refractivity contribution >= 4 is 33.1 Å². The number of carbonyl (C=O) groups excluding carboxylic acids is 2. The molecule has 0 aliphatic carbocycles. The maximum Gasteiger partial charge on any atom is 0.338 e. The standard InChI is InChI=1S/C13H10O6S/c1-19-13(15)10-5-6-11(20(16,17)18)9-4-2-3-8(7-14)12(9)10/h2-7H,1H3,(H,16,17,18). The van der Waals surface area contributed by atoms with E-state index in [1.807, 2.05) is 0 Å². The molecular formula is C13H10O6S. The molecule has 0 heterocycles. The Morgan fingerprint density at radius 2 is 1.95 bits per heavy atom. The van der Waals surface area contributed by atoms with Gasteiger partial charge >= 0.3 is 5.97 Å². The highest BCUT2D eigenvalue weighted by molar-refractivity contribution is 7.86. The van der Waals surface area contributed by atoms with Crippen molar-refractivity contribution < 1.29 is 27.3 Å². The smallest absolute Gasteiger partial charge is 0.338 e. The Balaban J connectivity index is 3.01. The van der Waals surface area contributed by atoms with Crippen LogP contribution < -0.4 is 0 Å². The lowest BCUT2D eigenvalue weighted by atomic mass is 10.00. The van der Waals surface area contributed by atoms with Crippen LogP contribution in [0.3, 0.4) is 0 Å². The maximum atomic E-state index is 11.7. The van der Waals surface area contributed by atoms with Crippen molar-refractivity contribution in [2.75, 3.05) is 7.11 Å². The SMILES string of the molecule is COC(=O)c1ccc(S(=O)(=O)O)c2cccc(C=O)c12. The van der Waals surface area contributed by atoms with Crippen LogP contribution in [0.2, 0.25) is 0 Å². The molecule has 0 saturated carbocycles. The first kappa shape index (κ1) is 14.2. The predicted octanol–water partition coefficient (Wildman–Crippen LogP) is 1.69. The highest BCUT2D eigenvalue weighted by Crippen LogP contribution is 2.29. The van der Waals surface area contributed by atoms with Gasteiger partial charge in [-0.15, -0.1) is 0 Å². The normalized spacial score (nSPS) is 11.3. The fourth-order valence-electron chi connectivity index (χ4n) is 2.01. The summed E-state index contributed by atoms with van der Waals surface area (Å²) in [4.78, 5) is 22.4. The van der Waals surface area contributed by atoms with Crippen molar-refractivity contribution in [3.05, 3.63) is 41.5 Å². The van der Waals surface area contributed by atoms with E-state index in [1.54, 1.807) is 0 Å². The van der Waals surface area contributed by atoms with Gasteiger partial charge in [0.1, 0.15) is 4.90 Å². The monoisotopic (exact) mass is 294 g/mol. The summed E-state index contributed by atoms with van der Waals surface area (Å²) in [7, 11) is -3.30. The van der Waals surface area contributed by atoms with E-state index in [4.69, 9.17) is 0 Å². The molecule has 20 heavy (non-hydrogen) atoms. The predicted molar refractivity (Wildman–Crippen MR) is 70.5 cm³/mol. The summed E-state index contributed by atoms with van der Waals surface area (Å²) in [6, 6.07) is 6.60. The summed E-state index contributed by atoms with van der Waals surface area (Å²) < 4.78 is 36.5. The molecule has 0 amide bonds. The molecule has 0 bridgehead atoms. The zero-order valence-corrected chi connectivity index (χ0v) is 11.2. The van der Waals surface area contributed by atoms with Crippen molar-refractivity contribution in [3.8, 4) is 0 Å². The molecule has 0 unspecified atom stereocenters. The number of carbonyl (C=O) groups is 2. The summed E-state index contributed by atoms with van der Waals surface area (Å²) in [5, 5.41) is 0.212. The summed E-state index contributed by atoms with van der Waals surface area (Å²) >= 11 is 0. The Labute approximate surface area is 114 Å². The number of fused-ring (bicyclic) bond motifs is 1. The van der Waals surface area contributed by atoms with Crippen LogP contribution in [-0.4, -0.2) is 32.3 Å². The van der Waals surface area contributed by atoms with E-state index in [0.29, 0.717) is 6.29 Å². The van der Waals surface area contributed by atoms with E-state index < -0.39 is 16.1 Å². The Morgan fingerprint density at radius 3 is 2.50 bits per heavy atom. The second-order valence-corrected chi connectivity index (χ2v) is 5.36. The van der Waals surface area contributed by atoms with Crippen LogP contribution in [0.5, 0.6) is 0 Å². The first-order chi connectivity index (χ1) is 9.40. The molecule has 104 valence electrons. The first-order valence-corrected chi connectivity index (χ1v) is 6.91. The number of esters is 1. The van der Waals surface area contributed by atoms with Gasteiger partial charge in [-0.25, -0.2) is 4.79 Å². The van der Waals surface area contributed by atoms with E-state index in [2.05, 4.69) is 4.74 Å². The van der Waals surface area contributed by atoms with E-state index in [0.717, 1.165) is 6.07 Å². The van der Waals surface area contributed by atoms with Crippen molar-refractivity contribution in [2.45, 2.75) is 4.90 Å². The molecule has 7 heteroatoms. The van der Waals surface area contributed by atoms with Crippen molar-refractivity contribution in [2.24, 2.45) is 0 Å².